The van der Waals surface area contributed by atoms with Crippen molar-refractivity contribution in [1.29, 1.82) is 0 Å². The van der Waals surface area contributed by atoms with Gasteiger partial charge in [-0.3, -0.25) is 13.9 Å². The Labute approximate surface area is 253 Å². The van der Waals surface area contributed by atoms with Crippen LogP contribution in [0.15, 0.2) is 72.8 Å². The molecule has 0 aromatic heterocycles. The zero-order valence-corrected chi connectivity index (χ0v) is 26.3. The minimum absolute atomic E-state index is 0.00577. The van der Waals surface area contributed by atoms with Crippen molar-refractivity contribution in [2.75, 3.05) is 17.1 Å². The van der Waals surface area contributed by atoms with E-state index in [-0.39, 0.29) is 30.8 Å². The van der Waals surface area contributed by atoms with Crippen LogP contribution in [0.3, 0.4) is 0 Å². The Morgan fingerprint density at radius 3 is 2.00 bits per heavy atom. The number of carbonyl (C=O) groups excluding carboxylic acids is 2. The van der Waals surface area contributed by atoms with Crippen molar-refractivity contribution >= 4 is 50.7 Å². The largest absolute Gasteiger partial charge is 0.352 e. The predicted molar refractivity (Wildman–Crippen MR) is 167 cm³/mol. The lowest BCUT2D eigenvalue weighted by molar-refractivity contribution is -0.140. The first-order chi connectivity index (χ1) is 19.3. The Kier molecular flexibility index (Phi) is 11.2. The summed E-state index contributed by atoms with van der Waals surface area (Å²) in [5.74, 6) is -0.926. The zero-order valence-electron chi connectivity index (χ0n) is 24.0. The van der Waals surface area contributed by atoms with Gasteiger partial charge in [-0.15, -0.1) is 0 Å². The van der Waals surface area contributed by atoms with Gasteiger partial charge in [0.25, 0.3) is 0 Å². The number of hydrogen-bond acceptors (Lipinski definition) is 4. The van der Waals surface area contributed by atoms with Crippen LogP contribution in [0.4, 0.5) is 5.69 Å². The Morgan fingerprint density at radius 1 is 0.854 bits per heavy atom. The van der Waals surface area contributed by atoms with Gasteiger partial charge < -0.3 is 10.2 Å². The molecule has 10 heteroatoms. The van der Waals surface area contributed by atoms with Crippen LogP contribution in [-0.4, -0.2) is 50.0 Å². The van der Waals surface area contributed by atoms with E-state index in [9.17, 15) is 18.0 Å². The van der Waals surface area contributed by atoms with Crippen LogP contribution in [0.1, 0.15) is 50.3 Å². The summed E-state index contributed by atoms with van der Waals surface area (Å²) >= 11 is 13.0. The molecule has 3 aromatic rings. The van der Waals surface area contributed by atoms with Crippen molar-refractivity contribution in [2.45, 2.75) is 58.7 Å². The highest BCUT2D eigenvalue weighted by Gasteiger charge is 2.34. The Hall–Kier alpha value is -3.07. The summed E-state index contributed by atoms with van der Waals surface area (Å²) in [6, 6.07) is 20.3. The van der Waals surface area contributed by atoms with Crippen LogP contribution in [0.5, 0.6) is 0 Å². The third-order valence-electron chi connectivity index (χ3n) is 6.60. The summed E-state index contributed by atoms with van der Waals surface area (Å²) in [4.78, 5) is 29.3. The molecule has 1 N–H and O–H groups in total. The van der Waals surface area contributed by atoms with Crippen LogP contribution in [0, 0.1) is 0 Å². The number of nitrogens with one attached hydrogen (secondary N) is 1. The maximum absolute atomic E-state index is 14.3. The molecule has 0 aliphatic carbocycles. The van der Waals surface area contributed by atoms with Crippen molar-refractivity contribution in [2.24, 2.45) is 0 Å². The highest BCUT2D eigenvalue weighted by molar-refractivity contribution is 7.92. The molecule has 41 heavy (non-hydrogen) atoms. The van der Waals surface area contributed by atoms with Gasteiger partial charge in [0, 0.05) is 34.6 Å². The predicted octanol–water partition coefficient (Wildman–Crippen LogP) is 6.05. The molecule has 0 unspecified atom stereocenters. The minimum Gasteiger partial charge on any atom is -0.352 e. The second-order valence-electron chi connectivity index (χ2n) is 10.6. The molecule has 0 aliphatic heterocycles. The number of anilines is 1. The van der Waals surface area contributed by atoms with Crippen LogP contribution in [0.2, 0.25) is 10.0 Å². The molecule has 2 amide bonds. The molecule has 0 saturated carbocycles. The first kappa shape index (κ1) is 32.4. The molecule has 0 radical (unpaired) electrons. The van der Waals surface area contributed by atoms with Gasteiger partial charge >= 0.3 is 0 Å². The number of rotatable bonds is 12. The lowest BCUT2D eigenvalue weighted by atomic mass is 10.0. The highest BCUT2D eigenvalue weighted by atomic mass is 35.5. The van der Waals surface area contributed by atoms with Crippen LogP contribution in [-0.2, 0) is 32.6 Å². The van der Waals surface area contributed by atoms with Crippen molar-refractivity contribution < 1.29 is 18.0 Å². The fraction of sp³-hybridized carbons (Fsp3) is 0.355. The van der Waals surface area contributed by atoms with Gasteiger partial charge in [0.15, 0.2) is 0 Å². The number of carbonyl (C=O) groups is 2. The van der Waals surface area contributed by atoms with Crippen LogP contribution < -0.4 is 9.62 Å². The number of benzene rings is 3. The topological polar surface area (TPSA) is 86.8 Å². The number of sulfonamides is 1. The summed E-state index contributed by atoms with van der Waals surface area (Å²) in [6.07, 6.45) is 1.27. The van der Waals surface area contributed by atoms with E-state index in [4.69, 9.17) is 23.2 Å². The van der Waals surface area contributed by atoms with Gasteiger partial charge in [-0.05, 0) is 49.1 Å². The maximum atomic E-state index is 14.3. The lowest BCUT2D eigenvalue weighted by Crippen LogP contribution is -2.54. The van der Waals surface area contributed by atoms with E-state index < -0.39 is 28.5 Å². The molecular formula is C31H37Cl2N3O4S. The minimum atomic E-state index is -3.88. The quantitative estimate of drug-likeness (QED) is 0.268. The molecular weight excluding hydrogens is 581 g/mol. The fourth-order valence-electron chi connectivity index (χ4n) is 4.59. The van der Waals surface area contributed by atoms with E-state index in [0.717, 1.165) is 21.7 Å². The number of hydrogen-bond donors (Lipinski definition) is 1. The SMILES string of the molecule is CC(C)NC(=O)[C@H](Cc1ccccc1)N(Cc1c(Cl)cccc1Cl)C(=O)CN(c1ccccc1C(C)C)S(C)(=O)=O. The molecule has 0 aliphatic rings. The van der Waals surface area contributed by atoms with Crippen molar-refractivity contribution in [3.8, 4) is 0 Å². The third kappa shape index (κ3) is 8.71. The second kappa shape index (κ2) is 14.2. The van der Waals surface area contributed by atoms with E-state index in [1.807, 2.05) is 70.2 Å². The van der Waals surface area contributed by atoms with Gasteiger partial charge in [-0.2, -0.15) is 0 Å². The normalized spacial score (nSPS) is 12.3. The van der Waals surface area contributed by atoms with Gasteiger partial charge in [-0.25, -0.2) is 8.42 Å². The molecule has 0 saturated heterocycles. The number of nitrogens with zero attached hydrogens (tertiary/aromatic N) is 2. The van der Waals surface area contributed by atoms with E-state index in [0.29, 0.717) is 21.3 Å². The summed E-state index contributed by atoms with van der Waals surface area (Å²) in [5.41, 5.74) is 2.50. The number of halogens is 2. The first-order valence-electron chi connectivity index (χ1n) is 13.4. The Bertz CT molecular complexity index is 1440. The molecule has 220 valence electrons. The van der Waals surface area contributed by atoms with Crippen molar-refractivity contribution in [1.82, 2.24) is 10.2 Å². The molecule has 7 nitrogen and oxygen atoms in total. The number of para-hydroxylation sites is 1. The smallest absolute Gasteiger partial charge is 0.244 e. The molecule has 0 fully saturated rings. The van der Waals surface area contributed by atoms with Crippen molar-refractivity contribution in [3.63, 3.8) is 0 Å². The van der Waals surface area contributed by atoms with Crippen LogP contribution >= 0.6 is 23.2 Å². The first-order valence-corrected chi connectivity index (χ1v) is 16.0. The standard InChI is InChI=1S/C31H37Cl2N3O4S/c1-21(2)24-14-9-10-17-28(24)36(41(5,39)40)20-30(37)35(19-25-26(32)15-11-16-27(25)33)29(31(38)34-22(3)4)18-23-12-7-6-8-13-23/h6-17,21-22,29H,18-20H2,1-5H3,(H,34,38)/t29-/m0/s1. The molecule has 1 atom stereocenters. The monoisotopic (exact) mass is 617 g/mol. The van der Waals surface area contributed by atoms with E-state index in [1.54, 1.807) is 30.3 Å². The molecule has 3 rings (SSSR count). The summed E-state index contributed by atoms with van der Waals surface area (Å²) in [7, 11) is -3.88. The molecule has 0 spiro atoms. The molecule has 0 bridgehead atoms. The van der Waals surface area contributed by atoms with Gasteiger partial charge in [-0.1, -0.05) is 91.6 Å². The highest BCUT2D eigenvalue weighted by Crippen LogP contribution is 2.31. The fourth-order valence-corrected chi connectivity index (χ4v) is 5.97. The van der Waals surface area contributed by atoms with Gasteiger partial charge in [0.2, 0.25) is 21.8 Å². The van der Waals surface area contributed by atoms with Gasteiger partial charge in [0.05, 0.1) is 11.9 Å². The zero-order chi connectivity index (χ0) is 30.3. The lowest BCUT2D eigenvalue weighted by Gasteiger charge is -2.34. The van der Waals surface area contributed by atoms with Gasteiger partial charge in [0.1, 0.15) is 12.6 Å². The third-order valence-corrected chi connectivity index (χ3v) is 8.43. The second-order valence-corrected chi connectivity index (χ2v) is 13.3. The maximum Gasteiger partial charge on any atom is 0.244 e. The van der Waals surface area contributed by atoms with E-state index in [2.05, 4.69) is 5.32 Å². The number of amides is 2. The Balaban J connectivity index is 2.14. The molecule has 0 heterocycles. The van der Waals surface area contributed by atoms with E-state index in [1.165, 1.54) is 4.90 Å². The van der Waals surface area contributed by atoms with Crippen molar-refractivity contribution in [3.05, 3.63) is 99.5 Å². The van der Waals surface area contributed by atoms with E-state index >= 15 is 0 Å². The summed E-state index contributed by atoms with van der Waals surface area (Å²) in [6.45, 7) is 6.98. The average Bonchev–Trinajstić information content (AvgIpc) is 2.90. The molecule has 3 aromatic carbocycles. The Morgan fingerprint density at radius 2 is 1.44 bits per heavy atom. The van der Waals surface area contributed by atoms with Crippen LogP contribution in [0.25, 0.3) is 0 Å². The average molecular weight is 619 g/mol. The summed E-state index contributed by atoms with van der Waals surface area (Å²) in [5, 5.41) is 3.59. The summed E-state index contributed by atoms with van der Waals surface area (Å²) < 4.78 is 27.3.